The van der Waals surface area contributed by atoms with Gasteiger partial charge in [-0.05, 0) is 25.7 Å². The molecule has 0 saturated carbocycles. The van der Waals surface area contributed by atoms with E-state index < -0.39 is 0 Å². The third kappa shape index (κ3) is 35.6. The summed E-state index contributed by atoms with van der Waals surface area (Å²) in [5, 5.41) is 0. The van der Waals surface area contributed by atoms with Crippen LogP contribution >= 0.6 is 0 Å². The van der Waals surface area contributed by atoms with Gasteiger partial charge in [-0.1, -0.05) is 13.5 Å². The van der Waals surface area contributed by atoms with Crippen LogP contribution in [0.1, 0.15) is 32.6 Å². The van der Waals surface area contributed by atoms with E-state index in [1.54, 1.807) is 0 Å². The van der Waals surface area contributed by atoms with Crippen molar-refractivity contribution in [2.45, 2.75) is 32.6 Å². The molecule has 0 unspecified atom stereocenters. The second-order valence-electron chi connectivity index (χ2n) is 6.46. The van der Waals surface area contributed by atoms with Crippen LogP contribution in [-0.2, 0) is 37.9 Å². The molecule has 0 aliphatic rings. The Balaban J connectivity index is -0.00000420. The van der Waals surface area contributed by atoms with Gasteiger partial charge in [0.15, 0.2) is 0 Å². The maximum atomic E-state index is 5.51. The maximum absolute atomic E-state index is 5.51. The first-order valence-corrected chi connectivity index (χ1v) is 11.3. The molecular formula is C23H48NdO8-2. The average molecular weight is 597 g/mol. The fourth-order valence-corrected chi connectivity index (χ4v) is 2.25. The van der Waals surface area contributed by atoms with Crippen molar-refractivity contribution in [2.75, 3.05) is 106 Å². The van der Waals surface area contributed by atoms with Crippen molar-refractivity contribution in [1.82, 2.24) is 0 Å². The van der Waals surface area contributed by atoms with Crippen LogP contribution in [0.2, 0.25) is 0 Å². The van der Waals surface area contributed by atoms with E-state index in [-0.39, 0.29) is 48.3 Å². The molecule has 0 heterocycles. The fraction of sp³-hybridized carbons (Fsp3) is 0.913. The topological polar surface area (TPSA) is 73.8 Å². The minimum absolute atomic E-state index is 0. The summed E-state index contributed by atoms with van der Waals surface area (Å²) in [5.74, 6) is 0. The molecule has 0 aromatic carbocycles. The van der Waals surface area contributed by atoms with Gasteiger partial charge in [0.25, 0.3) is 0 Å². The summed E-state index contributed by atoms with van der Waals surface area (Å²) in [4.78, 5) is 0. The zero-order valence-corrected chi connectivity index (χ0v) is 23.8. The summed E-state index contributed by atoms with van der Waals surface area (Å²) in [6.07, 6.45) is 4.27. The Morgan fingerprint density at radius 1 is 0.406 bits per heavy atom. The molecule has 0 aliphatic carbocycles. The first-order valence-electron chi connectivity index (χ1n) is 11.3. The molecule has 0 saturated heterocycles. The number of unbranched alkanes of at least 4 members (excludes halogenated alkanes) is 2. The van der Waals surface area contributed by atoms with Gasteiger partial charge in [0.1, 0.15) is 0 Å². The number of hydrogen-bond donors (Lipinski definition) is 0. The summed E-state index contributed by atoms with van der Waals surface area (Å²) in [7, 11) is 0. The summed E-state index contributed by atoms with van der Waals surface area (Å²) >= 11 is 0. The SMILES string of the molecule is [CH2-]COCCCCCOCCOCCOCCOCCOCCOCCOCCC.[CH3-].[Nd]. The first-order chi connectivity index (χ1) is 14.9. The molecule has 0 N–H and O–H groups in total. The zero-order valence-electron chi connectivity index (χ0n) is 20.6. The average Bonchev–Trinajstić information content (AvgIpc) is 2.76. The van der Waals surface area contributed by atoms with Crippen molar-refractivity contribution >= 4 is 0 Å². The molecule has 0 fully saturated rings. The van der Waals surface area contributed by atoms with Crippen LogP contribution < -0.4 is 0 Å². The van der Waals surface area contributed by atoms with Gasteiger partial charge in [0, 0.05) is 60.7 Å². The largest absolute Gasteiger partial charge is 0.413 e. The molecule has 0 atom stereocenters. The van der Waals surface area contributed by atoms with E-state index >= 15 is 0 Å². The van der Waals surface area contributed by atoms with E-state index in [9.17, 15) is 0 Å². The molecule has 0 amide bonds. The molecule has 0 bridgehead atoms. The monoisotopic (exact) mass is 594 g/mol. The molecule has 0 aromatic heterocycles. The van der Waals surface area contributed by atoms with E-state index in [2.05, 4.69) is 13.8 Å². The Morgan fingerprint density at radius 3 is 1.00 bits per heavy atom. The van der Waals surface area contributed by atoms with Crippen molar-refractivity contribution in [3.63, 3.8) is 0 Å². The van der Waals surface area contributed by atoms with Crippen molar-refractivity contribution in [2.24, 2.45) is 0 Å². The maximum Gasteiger partial charge on any atom is 0.0701 e. The first kappa shape index (κ1) is 37.6. The number of ether oxygens (including phenoxy) is 8. The van der Waals surface area contributed by atoms with E-state index in [1.807, 2.05) is 0 Å². The molecule has 0 spiro atoms. The predicted octanol–water partition coefficient (Wildman–Crippen LogP) is 2.98. The van der Waals surface area contributed by atoms with Crippen LogP contribution in [-0.4, -0.2) is 106 Å². The smallest absolute Gasteiger partial charge is 0.0701 e. The molecular weight excluding hydrogens is 548 g/mol. The predicted molar refractivity (Wildman–Crippen MR) is 122 cm³/mol. The summed E-state index contributed by atoms with van der Waals surface area (Å²) in [6.45, 7) is 15.6. The molecule has 0 aromatic rings. The summed E-state index contributed by atoms with van der Waals surface area (Å²) < 4.78 is 43.1. The molecule has 0 radical (unpaired) electrons. The van der Waals surface area contributed by atoms with Crippen LogP contribution in [0.3, 0.4) is 0 Å². The zero-order chi connectivity index (χ0) is 21.8. The Bertz CT molecular complexity index is 273. The molecule has 9 heteroatoms. The minimum Gasteiger partial charge on any atom is -0.413 e. The van der Waals surface area contributed by atoms with Gasteiger partial charge in [0.05, 0.1) is 79.3 Å². The van der Waals surface area contributed by atoms with Gasteiger partial charge in [-0.15, -0.1) is 0 Å². The van der Waals surface area contributed by atoms with Crippen molar-refractivity contribution in [3.05, 3.63) is 14.4 Å². The van der Waals surface area contributed by atoms with E-state index in [1.165, 1.54) is 0 Å². The van der Waals surface area contributed by atoms with Crippen LogP contribution in [0.4, 0.5) is 0 Å². The fourth-order valence-electron chi connectivity index (χ4n) is 2.25. The van der Waals surface area contributed by atoms with Crippen LogP contribution in [0, 0.1) is 55.2 Å². The molecule has 0 rings (SSSR count). The van der Waals surface area contributed by atoms with Gasteiger partial charge in [-0.25, -0.2) is 0 Å². The molecule has 194 valence electrons. The number of rotatable bonds is 27. The van der Waals surface area contributed by atoms with Crippen LogP contribution in [0.5, 0.6) is 0 Å². The number of hydrogen-bond acceptors (Lipinski definition) is 8. The van der Waals surface area contributed by atoms with Crippen LogP contribution in [0.15, 0.2) is 0 Å². The standard InChI is InChI=1S/C22H45O8.CH3.Nd/c1-3-8-24-11-13-26-15-17-28-19-21-30-22-20-29-18-16-27-14-12-25-10-7-5-6-9-23-4-2;;/h2-22H2,1H3;1H3;/q2*-1;. The molecule has 0 aliphatic heterocycles. The van der Waals surface area contributed by atoms with Crippen molar-refractivity contribution in [1.29, 1.82) is 0 Å². The van der Waals surface area contributed by atoms with Crippen molar-refractivity contribution in [3.8, 4) is 0 Å². The van der Waals surface area contributed by atoms with Crippen LogP contribution in [0.25, 0.3) is 0 Å². The Hall–Kier alpha value is 1.03. The van der Waals surface area contributed by atoms with Gasteiger partial charge in [0.2, 0.25) is 0 Å². The van der Waals surface area contributed by atoms with Gasteiger partial charge in [-0.3, -0.25) is 0 Å². The quantitative estimate of drug-likeness (QED) is 0.106. The van der Waals surface area contributed by atoms with Gasteiger partial charge < -0.3 is 52.2 Å². The normalized spacial score (nSPS) is 10.7. The molecule has 8 nitrogen and oxygen atoms in total. The minimum atomic E-state index is 0. The Morgan fingerprint density at radius 2 is 0.688 bits per heavy atom. The Kier molecular flexibility index (Phi) is 43.0. The van der Waals surface area contributed by atoms with Crippen molar-refractivity contribution < 1.29 is 78.7 Å². The van der Waals surface area contributed by atoms with E-state index in [0.717, 1.165) is 45.5 Å². The Labute approximate surface area is 230 Å². The third-order valence-electron chi connectivity index (χ3n) is 3.80. The summed E-state index contributed by atoms with van der Waals surface area (Å²) in [6, 6.07) is 0. The van der Waals surface area contributed by atoms with E-state index in [0.29, 0.717) is 85.9 Å². The van der Waals surface area contributed by atoms with E-state index in [4.69, 9.17) is 37.9 Å². The second kappa shape index (κ2) is 36.6. The second-order valence-corrected chi connectivity index (χ2v) is 6.46. The van der Waals surface area contributed by atoms with Gasteiger partial charge in [-0.2, -0.15) is 0 Å². The molecule has 32 heavy (non-hydrogen) atoms. The summed E-state index contributed by atoms with van der Waals surface area (Å²) in [5.41, 5.74) is 0. The third-order valence-corrected chi connectivity index (χ3v) is 3.80. The van der Waals surface area contributed by atoms with Gasteiger partial charge >= 0.3 is 0 Å².